The Kier molecular flexibility index (Phi) is 5.73. The van der Waals surface area contributed by atoms with Crippen molar-refractivity contribution in [2.45, 2.75) is 84.2 Å². The number of hydrogen-bond donors (Lipinski definition) is 1. The average molecular weight is 312 g/mol. The minimum Gasteiger partial charge on any atom is -0.325 e. The first-order valence-corrected chi connectivity index (χ1v) is 8.87. The summed E-state index contributed by atoms with van der Waals surface area (Å²) in [5.74, 6) is 0.884. The maximum atomic E-state index is 6.68. The Balaban J connectivity index is 2.00. The van der Waals surface area contributed by atoms with E-state index in [4.69, 9.17) is 17.3 Å². The van der Waals surface area contributed by atoms with Crippen molar-refractivity contribution < 1.29 is 0 Å². The van der Waals surface area contributed by atoms with Gasteiger partial charge in [0.15, 0.2) is 0 Å². The summed E-state index contributed by atoms with van der Waals surface area (Å²) in [6, 6.07) is 0. The van der Waals surface area contributed by atoms with Crippen molar-refractivity contribution in [3.05, 3.63) is 16.4 Å². The summed E-state index contributed by atoms with van der Waals surface area (Å²) in [4.78, 5) is 0. The van der Waals surface area contributed by atoms with E-state index in [9.17, 15) is 0 Å². The number of aryl methyl sites for hydroxylation is 2. The number of halogens is 1. The zero-order chi connectivity index (χ0) is 15.5. The third-order valence-corrected chi connectivity index (χ3v) is 5.53. The van der Waals surface area contributed by atoms with E-state index in [2.05, 4.69) is 18.9 Å². The van der Waals surface area contributed by atoms with E-state index < -0.39 is 0 Å². The second kappa shape index (κ2) is 7.15. The summed E-state index contributed by atoms with van der Waals surface area (Å²) >= 11 is 6.43. The van der Waals surface area contributed by atoms with Crippen LogP contribution in [0.15, 0.2) is 0 Å². The van der Waals surface area contributed by atoms with Crippen molar-refractivity contribution in [1.82, 2.24) is 9.78 Å². The van der Waals surface area contributed by atoms with Gasteiger partial charge in [0.2, 0.25) is 0 Å². The molecule has 21 heavy (non-hydrogen) atoms. The van der Waals surface area contributed by atoms with Crippen LogP contribution in [-0.4, -0.2) is 15.3 Å². The van der Waals surface area contributed by atoms with Crippen molar-refractivity contribution in [1.29, 1.82) is 0 Å². The van der Waals surface area contributed by atoms with Crippen molar-refractivity contribution >= 4 is 11.6 Å². The summed E-state index contributed by atoms with van der Waals surface area (Å²) in [6.45, 7) is 7.21. The van der Waals surface area contributed by atoms with Crippen LogP contribution < -0.4 is 5.73 Å². The molecule has 1 aromatic heterocycles. The van der Waals surface area contributed by atoms with Crippen LogP contribution in [0.4, 0.5) is 0 Å². The number of nitrogens with two attached hydrogens (primary N) is 1. The van der Waals surface area contributed by atoms with E-state index in [1.165, 1.54) is 32.1 Å². The molecule has 0 atom stereocenters. The third-order valence-electron chi connectivity index (χ3n) is 5.04. The molecule has 0 bridgehead atoms. The lowest BCUT2D eigenvalue weighted by molar-refractivity contribution is 0.218. The zero-order valence-electron chi connectivity index (χ0n) is 13.8. The van der Waals surface area contributed by atoms with Gasteiger partial charge < -0.3 is 5.73 Å². The van der Waals surface area contributed by atoms with Gasteiger partial charge in [-0.15, -0.1) is 0 Å². The molecule has 1 aliphatic carbocycles. The molecule has 0 saturated heterocycles. The van der Waals surface area contributed by atoms with E-state index in [1.807, 2.05) is 11.6 Å². The molecular formula is C17H30ClN3. The van der Waals surface area contributed by atoms with Crippen molar-refractivity contribution in [3.8, 4) is 0 Å². The van der Waals surface area contributed by atoms with Gasteiger partial charge in [-0.2, -0.15) is 5.10 Å². The maximum absolute atomic E-state index is 6.68. The Morgan fingerprint density at radius 1 is 1.33 bits per heavy atom. The summed E-state index contributed by atoms with van der Waals surface area (Å²) < 4.78 is 2.02. The molecule has 1 saturated carbocycles. The number of aromatic nitrogens is 2. The van der Waals surface area contributed by atoms with Crippen LogP contribution >= 0.6 is 11.6 Å². The molecule has 1 aliphatic rings. The summed E-state index contributed by atoms with van der Waals surface area (Å²) in [6.07, 6.45) is 9.67. The van der Waals surface area contributed by atoms with Crippen molar-refractivity contribution in [3.63, 3.8) is 0 Å². The van der Waals surface area contributed by atoms with E-state index in [0.717, 1.165) is 48.1 Å². The molecule has 120 valence electrons. The van der Waals surface area contributed by atoms with Crippen molar-refractivity contribution in [2.24, 2.45) is 11.7 Å². The van der Waals surface area contributed by atoms with Gasteiger partial charge in [0.05, 0.1) is 16.4 Å². The Bertz CT molecular complexity index is 459. The number of rotatable bonds is 6. The lowest BCUT2D eigenvalue weighted by atomic mass is 9.73. The standard InChI is InChI=1S/C17H30ClN3/c1-4-6-7-14-8-10-17(19,11-9-14)12-15-16(18)13(3)20-21(15)5-2/h14H,4-12,19H2,1-3H3. The second-order valence-corrected chi connectivity index (χ2v) is 7.16. The average Bonchev–Trinajstić information content (AvgIpc) is 2.74. The van der Waals surface area contributed by atoms with Gasteiger partial charge in [-0.1, -0.05) is 37.8 Å². The SMILES string of the molecule is CCCCC1CCC(N)(Cc2c(Cl)c(C)nn2CC)CC1. The topological polar surface area (TPSA) is 43.8 Å². The van der Waals surface area contributed by atoms with Gasteiger partial charge in [-0.05, 0) is 45.4 Å². The molecule has 1 heterocycles. The highest BCUT2D eigenvalue weighted by atomic mass is 35.5. The van der Waals surface area contributed by atoms with Crippen LogP contribution in [0, 0.1) is 12.8 Å². The fourth-order valence-electron chi connectivity index (χ4n) is 3.58. The number of hydrogen-bond acceptors (Lipinski definition) is 2. The van der Waals surface area contributed by atoms with Gasteiger partial charge in [0.1, 0.15) is 0 Å². The molecule has 3 nitrogen and oxygen atoms in total. The lowest BCUT2D eigenvalue weighted by Gasteiger charge is -2.37. The van der Waals surface area contributed by atoms with Gasteiger partial charge in [0.25, 0.3) is 0 Å². The van der Waals surface area contributed by atoms with E-state index in [1.54, 1.807) is 0 Å². The van der Waals surface area contributed by atoms with E-state index >= 15 is 0 Å². The monoisotopic (exact) mass is 311 g/mol. The maximum Gasteiger partial charge on any atom is 0.0847 e. The number of unbranched alkanes of at least 4 members (excludes halogenated alkanes) is 1. The Morgan fingerprint density at radius 3 is 2.57 bits per heavy atom. The normalized spacial score (nSPS) is 26.2. The molecule has 0 radical (unpaired) electrons. The fourth-order valence-corrected chi connectivity index (χ4v) is 3.78. The molecule has 0 aliphatic heterocycles. The summed E-state index contributed by atoms with van der Waals surface area (Å²) in [5.41, 5.74) is 8.65. The molecule has 4 heteroatoms. The highest BCUT2D eigenvalue weighted by Gasteiger charge is 2.33. The molecule has 1 aromatic rings. The van der Waals surface area contributed by atoms with Crippen LogP contribution in [0.25, 0.3) is 0 Å². The van der Waals surface area contributed by atoms with Gasteiger partial charge in [-0.25, -0.2) is 0 Å². The molecule has 0 aromatic carbocycles. The first-order chi connectivity index (χ1) is 9.99. The fraction of sp³-hybridized carbons (Fsp3) is 0.824. The molecule has 0 unspecified atom stereocenters. The van der Waals surface area contributed by atoms with Gasteiger partial charge in [0, 0.05) is 18.5 Å². The summed E-state index contributed by atoms with van der Waals surface area (Å²) in [7, 11) is 0. The first-order valence-electron chi connectivity index (χ1n) is 8.49. The number of nitrogens with zero attached hydrogens (tertiary/aromatic N) is 2. The Labute approximate surface area is 134 Å². The van der Waals surface area contributed by atoms with Crippen molar-refractivity contribution in [2.75, 3.05) is 0 Å². The molecular weight excluding hydrogens is 282 g/mol. The molecule has 2 N–H and O–H groups in total. The first kappa shape index (κ1) is 16.8. The highest BCUT2D eigenvalue weighted by molar-refractivity contribution is 6.31. The predicted molar refractivity (Wildman–Crippen MR) is 89.8 cm³/mol. The minimum atomic E-state index is -0.0915. The van der Waals surface area contributed by atoms with Gasteiger partial charge in [-0.3, -0.25) is 4.68 Å². The minimum absolute atomic E-state index is 0.0915. The van der Waals surface area contributed by atoms with Crippen LogP contribution in [0.1, 0.15) is 70.2 Å². The second-order valence-electron chi connectivity index (χ2n) is 6.79. The molecule has 1 fully saturated rings. The largest absolute Gasteiger partial charge is 0.325 e. The zero-order valence-corrected chi connectivity index (χ0v) is 14.5. The van der Waals surface area contributed by atoms with E-state index in [-0.39, 0.29) is 5.54 Å². The summed E-state index contributed by atoms with van der Waals surface area (Å²) in [5, 5.41) is 5.32. The van der Waals surface area contributed by atoms with Crippen LogP contribution in [-0.2, 0) is 13.0 Å². The Hall–Kier alpha value is -0.540. The molecule has 0 amide bonds. The smallest absolute Gasteiger partial charge is 0.0847 e. The highest BCUT2D eigenvalue weighted by Crippen LogP contribution is 2.36. The van der Waals surface area contributed by atoms with Crippen LogP contribution in [0.2, 0.25) is 5.02 Å². The predicted octanol–water partition coefficient (Wildman–Crippen LogP) is 4.49. The Morgan fingerprint density at radius 2 is 2.00 bits per heavy atom. The lowest BCUT2D eigenvalue weighted by Crippen LogP contribution is -2.45. The molecule has 2 rings (SSSR count). The third kappa shape index (κ3) is 4.01. The molecule has 0 spiro atoms. The van der Waals surface area contributed by atoms with Crippen LogP contribution in [0.5, 0.6) is 0 Å². The van der Waals surface area contributed by atoms with E-state index in [0.29, 0.717) is 0 Å². The van der Waals surface area contributed by atoms with Gasteiger partial charge >= 0.3 is 0 Å². The van der Waals surface area contributed by atoms with Crippen LogP contribution in [0.3, 0.4) is 0 Å². The quantitative estimate of drug-likeness (QED) is 0.841.